The molecule has 0 amide bonds. The molecule has 1 atom stereocenters. The first-order chi connectivity index (χ1) is 9.85. The van der Waals surface area contributed by atoms with Crippen molar-refractivity contribution in [1.29, 1.82) is 0 Å². The largest absolute Gasteiger partial charge is 0.315 e. The van der Waals surface area contributed by atoms with Crippen molar-refractivity contribution in [2.75, 3.05) is 25.0 Å². The molecule has 0 saturated carbocycles. The van der Waals surface area contributed by atoms with Gasteiger partial charge in [0.25, 0.3) is 0 Å². The molecule has 1 aliphatic heterocycles. The third kappa shape index (κ3) is 3.13. The number of rotatable bonds is 4. The second kappa shape index (κ2) is 6.28. The first kappa shape index (κ1) is 13.5. The van der Waals surface area contributed by atoms with Gasteiger partial charge in [0, 0.05) is 30.2 Å². The summed E-state index contributed by atoms with van der Waals surface area (Å²) in [5.41, 5.74) is 1.21. The minimum atomic E-state index is 0.567. The van der Waals surface area contributed by atoms with Crippen molar-refractivity contribution in [3.8, 4) is 0 Å². The summed E-state index contributed by atoms with van der Waals surface area (Å²) in [6.07, 6.45) is 7.56. The van der Waals surface area contributed by atoms with Gasteiger partial charge in [-0.3, -0.25) is 4.98 Å². The van der Waals surface area contributed by atoms with Gasteiger partial charge in [0.2, 0.25) is 0 Å². The van der Waals surface area contributed by atoms with E-state index in [1.54, 1.807) is 29.9 Å². The van der Waals surface area contributed by atoms with E-state index in [0.29, 0.717) is 5.92 Å². The van der Waals surface area contributed by atoms with Crippen LogP contribution < -0.4 is 5.32 Å². The van der Waals surface area contributed by atoms with Crippen molar-refractivity contribution in [2.24, 2.45) is 0 Å². The fraction of sp³-hybridized carbons (Fsp3) is 0.500. The maximum absolute atomic E-state index is 4.71. The number of likely N-dealkylation sites (N-methyl/N-ethyl adjacent to an activating group) is 1. The van der Waals surface area contributed by atoms with Gasteiger partial charge < -0.3 is 10.2 Å². The maximum atomic E-state index is 4.71. The lowest BCUT2D eigenvalue weighted by molar-refractivity contribution is 0.216. The van der Waals surface area contributed by atoms with Crippen LogP contribution in [-0.2, 0) is 0 Å². The molecule has 1 fully saturated rings. The second-order valence-electron chi connectivity index (χ2n) is 5.03. The summed E-state index contributed by atoms with van der Waals surface area (Å²) in [6.45, 7) is 5.71. The minimum Gasteiger partial charge on any atom is -0.315 e. The molecule has 0 spiro atoms. The Labute approximate surface area is 123 Å². The predicted octanol–water partition coefficient (Wildman–Crippen LogP) is 2.88. The van der Waals surface area contributed by atoms with E-state index in [9.17, 15) is 0 Å². The molecule has 1 N–H and O–H groups in total. The molecule has 5 nitrogen and oxygen atoms in total. The van der Waals surface area contributed by atoms with Crippen LogP contribution in [0, 0.1) is 0 Å². The third-order valence-corrected chi connectivity index (χ3v) is 4.47. The van der Waals surface area contributed by atoms with Crippen molar-refractivity contribution in [1.82, 2.24) is 19.9 Å². The van der Waals surface area contributed by atoms with Gasteiger partial charge in [-0.15, -0.1) is 11.3 Å². The Balaban J connectivity index is 1.67. The van der Waals surface area contributed by atoms with Crippen molar-refractivity contribution < 1.29 is 0 Å². The first-order valence-electron chi connectivity index (χ1n) is 7.06. The van der Waals surface area contributed by atoms with Gasteiger partial charge in [-0.2, -0.15) is 0 Å². The van der Waals surface area contributed by atoms with Gasteiger partial charge in [-0.1, -0.05) is 6.92 Å². The molecule has 20 heavy (non-hydrogen) atoms. The molecule has 3 heterocycles. The molecular formula is C14H19N5S. The summed E-state index contributed by atoms with van der Waals surface area (Å²) in [5, 5.41) is 6.28. The zero-order valence-electron chi connectivity index (χ0n) is 11.6. The molecule has 6 heteroatoms. The Hall–Kier alpha value is -1.53. The van der Waals surface area contributed by atoms with Crippen molar-refractivity contribution >= 4 is 22.3 Å². The highest BCUT2D eigenvalue weighted by Crippen LogP contribution is 2.30. The second-order valence-corrected chi connectivity index (χ2v) is 5.88. The van der Waals surface area contributed by atoms with Gasteiger partial charge in [-0.05, 0) is 25.9 Å². The molecule has 2 aromatic rings. The number of nitrogens with zero attached hydrogens (tertiary/aromatic N) is 4. The number of hydrogen-bond donors (Lipinski definition) is 1. The monoisotopic (exact) mass is 289 g/mol. The number of likely N-dealkylation sites (tertiary alicyclic amines) is 1. The summed E-state index contributed by atoms with van der Waals surface area (Å²) >= 11 is 1.64. The number of aromatic nitrogens is 3. The number of hydrogen-bond acceptors (Lipinski definition) is 6. The number of anilines is 2. The average molecular weight is 289 g/mol. The summed E-state index contributed by atoms with van der Waals surface area (Å²) in [5.74, 6) is 1.31. The molecule has 3 rings (SSSR count). The van der Waals surface area contributed by atoms with Crippen LogP contribution in [0.15, 0.2) is 24.0 Å². The molecule has 0 unspecified atom stereocenters. The Bertz CT molecular complexity index is 542. The van der Waals surface area contributed by atoms with E-state index in [2.05, 4.69) is 32.5 Å². The topological polar surface area (TPSA) is 53.9 Å². The molecular weight excluding hydrogens is 270 g/mol. The van der Waals surface area contributed by atoms with Crippen LogP contribution in [0.3, 0.4) is 0 Å². The van der Waals surface area contributed by atoms with Crippen LogP contribution in [0.25, 0.3) is 0 Å². The highest BCUT2D eigenvalue weighted by molar-refractivity contribution is 7.13. The average Bonchev–Trinajstić information content (AvgIpc) is 2.97. The van der Waals surface area contributed by atoms with Crippen LogP contribution in [-0.4, -0.2) is 39.5 Å². The molecule has 0 bridgehead atoms. The summed E-state index contributed by atoms with van der Waals surface area (Å²) < 4.78 is 0. The maximum Gasteiger partial charge on any atom is 0.188 e. The van der Waals surface area contributed by atoms with E-state index in [4.69, 9.17) is 4.98 Å². The molecule has 1 saturated heterocycles. The quantitative estimate of drug-likeness (QED) is 0.938. The number of nitrogens with one attached hydrogen (secondary N) is 1. The van der Waals surface area contributed by atoms with Crippen molar-refractivity contribution in [2.45, 2.75) is 25.7 Å². The molecule has 2 aromatic heterocycles. The van der Waals surface area contributed by atoms with Gasteiger partial charge in [-0.25, -0.2) is 9.97 Å². The molecule has 0 radical (unpaired) electrons. The zero-order valence-corrected chi connectivity index (χ0v) is 12.4. The highest BCUT2D eigenvalue weighted by Gasteiger charge is 2.22. The molecule has 1 aliphatic rings. The van der Waals surface area contributed by atoms with E-state index in [1.807, 2.05) is 0 Å². The predicted molar refractivity (Wildman–Crippen MR) is 81.5 cm³/mol. The zero-order chi connectivity index (χ0) is 13.8. The molecule has 0 aromatic carbocycles. The lowest BCUT2D eigenvalue weighted by atomic mass is 9.95. The normalized spacial score (nSPS) is 19.9. The van der Waals surface area contributed by atoms with Crippen LogP contribution in [0.4, 0.5) is 10.9 Å². The number of thiazole rings is 1. The smallest absolute Gasteiger partial charge is 0.188 e. The standard InChI is InChI=1S/C14H19N5S/c1-2-19-7-3-4-11(9-19)12-10-20-14(17-12)18-13-8-15-5-6-16-13/h5-6,8,10-11H,2-4,7,9H2,1H3,(H,16,17,18)/t11-/m1/s1. The van der Waals surface area contributed by atoms with Gasteiger partial charge in [0.1, 0.15) is 0 Å². The van der Waals surface area contributed by atoms with E-state index in [1.165, 1.54) is 25.1 Å². The van der Waals surface area contributed by atoms with Crippen molar-refractivity contribution in [3.63, 3.8) is 0 Å². The van der Waals surface area contributed by atoms with E-state index in [-0.39, 0.29) is 0 Å². The Kier molecular flexibility index (Phi) is 4.22. The number of piperidine rings is 1. The molecule has 106 valence electrons. The van der Waals surface area contributed by atoms with E-state index in [0.717, 1.165) is 24.0 Å². The van der Waals surface area contributed by atoms with Crippen LogP contribution in [0.5, 0.6) is 0 Å². The van der Waals surface area contributed by atoms with Gasteiger partial charge >= 0.3 is 0 Å². The first-order valence-corrected chi connectivity index (χ1v) is 7.94. The lowest BCUT2D eigenvalue weighted by Gasteiger charge is -2.30. The Morgan fingerprint density at radius 3 is 3.20 bits per heavy atom. The lowest BCUT2D eigenvalue weighted by Crippen LogP contribution is -2.34. The van der Waals surface area contributed by atoms with E-state index >= 15 is 0 Å². The van der Waals surface area contributed by atoms with Crippen LogP contribution >= 0.6 is 11.3 Å². The Morgan fingerprint density at radius 2 is 2.40 bits per heavy atom. The van der Waals surface area contributed by atoms with Gasteiger partial charge in [0.15, 0.2) is 10.9 Å². The van der Waals surface area contributed by atoms with Crippen LogP contribution in [0.2, 0.25) is 0 Å². The van der Waals surface area contributed by atoms with Gasteiger partial charge in [0.05, 0.1) is 11.9 Å². The fourth-order valence-electron chi connectivity index (χ4n) is 2.59. The fourth-order valence-corrected chi connectivity index (χ4v) is 3.39. The minimum absolute atomic E-state index is 0.567. The van der Waals surface area contributed by atoms with E-state index < -0.39 is 0 Å². The van der Waals surface area contributed by atoms with Crippen LogP contribution in [0.1, 0.15) is 31.4 Å². The summed E-state index contributed by atoms with van der Waals surface area (Å²) in [7, 11) is 0. The van der Waals surface area contributed by atoms with Crippen molar-refractivity contribution in [3.05, 3.63) is 29.7 Å². The Morgan fingerprint density at radius 1 is 1.45 bits per heavy atom. The highest BCUT2D eigenvalue weighted by atomic mass is 32.1. The molecule has 0 aliphatic carbocycles. The SMILES string of the molecule is CCN1CCC[C@@H](c2csc(Nc3cnccn3)n2)C1. The summed E-state index contributed by atoms with van der Waals surface area (Å²) in [4.78, 5) is 15.5. The summed E-state index contributed by atoms with van der Waals surface area (Å²) in [6, 6.07) is 0. The third-order valence-electron chi connectivity index (χ3n) is 3.69.